The van der Waals surface area contributed by atoms with Gasteiger partial charge >= 0.3 is 0 Å². The molecule has 1 aromatic heterocycles. The normalized spacial score (nSPS) is 21.9. The monoisotopic (exact) mass is 286 g/mol. The number of aliphatic hydroxyl groups is 1. The molecule has 1 N–H and O–H groups in total. The quantitative estimate of drug-likeness (QED) is 0.928. The first-order valence-corrected chi connectivity index (χ1v) is 7.03. The first kappa shape index (κ1) is 14.0. The fourth-order valence-electron chi connectivity index (χ4n) is 2.89. The number of methoxy groups -OCH3 is 1. The average molecular weight is 286 g/mol. The zero-order valence-corrected chi connectivity index (χ0v) is 11.9. The van der Waals surface area contributed by atoms with Gasteiger partial charge in [0.2, 0.25) is 0 Å². The van der Waals surface area contributed by atoms with Crippen LogP contribution in [0.5, 0.6) is 0 Å². The van der Waals surface area contributed by atoms with Gasteiger partial charge in [-0.3, -0.25) is 9.78 Å². The number of carbonyl (C=O) groups excluding carboxylic acids is 1. The van der Waals surface area contributed by atoms with Gasteiger partial charge in [-0.05, 0) is 17.9 Å². The molecule has 1 aliphatic heterocycles. The summed E-state index contributed by atoms with van der Waals surface area (Å²) in [5, 5.41) is 11.3. The number of aromatic nitrogens is 1. The van der Waals surface area contributed by atoms with Gasteiger partial charge in [-0.2, -0.15) is 0 Å². The van der Waals surface area contributed by atoms with Crippen LogP contribution < -0.4 is 0 Å². The molecular weight excluding hydrogens is 268 g/mol. The highest BCUT2D eigenvalue weighted by molar-refractivity contribution is 6.05. The molecule has 0 unspecified atom stereocenters. The van der Waals surface area contributed by atoms with E-state index in [0.29, 0.717) is 18.7 Å². The molecule has 0 bridgehead atoms. The van der Waals surface area contributed by atoms with Gasteiger partial charge in [0.15, 0.2) is 0 Å². The molecule has 1 amide bonds. The average Bonchev–Trinajstić information content (AvgIpc) is 2.97. The van der Waals surface area contributed by atoms with Gasteiger partial charge in [-0.25, -0.2) is 0 Å². The number of fused-ring (bicyclic) bond motifs is 1. The minimum atomic E-state index is -0.205. The highest BCUT2D eigenvalue weighted by Gasteiger charge is 2.36. The molecular formula is C16H18N2O3. The van der Waals surface area contributed by atoms with Crippen LogP contribution in [0, 0.1) is 0 Å². The lowest BCUT2D eigenvalue weighted by Gasteiger charge is -2.22. The molecule has 5 nitrogen and oxygen atoms in total. The Morgan fingerprint density at radius 1 is 1.43 bits per heavy atom. The van der Waals surface area contributed by atoms with Crippen molar-refractivity contribution < 1.29 is 14.6 Å². The van der Waals surface area contributed by atoms with E-state index in [0.717, 1.165) is 10.8 Å². The number of carbonyl (C=O) groups is 1. The third-order valence-electron chi connectivity index (χ3n) is 4.06. The minimum absolute atomic E-state index is 0.0268. The van der Waals surface area contributed by atoms with Crippen LogP contribution in [0.4, 0.5) is 0 Å². The van der Waals surface area contributed by atoms with Crippen molar-refractivity contribution in [2.24, 2.45) is 0 Å². The second-order valence-corrected chi connectivity index (χ2v) is 5.27. The number of pyridine rings is 1. The third-order valence-corrected chi connectivity index (χ3v) is 4.06. The summed E-state index contributed by atoms with van der Waals surface area (Å²) in [6, 6.07) is 9.36. The molecule has 1 saturated heterocycles. The van der Waals surface area contributed by atoms with Crippen LogP contribution in [-0.2, 0) is 4.74 Å². The number of hydrogen-bond acceptors (Lipinski definition) is 4. The molecule has 110 valence electrons. The van der Waals surface area contributed by atoms with Crippen LogP contribution in [0.15, 0.2) is 36.5 Å². The van der Waals surface area contributed by atoms with Gasteiger partial charge in [0.1, 0.15) is 5.69 Å². The zero-order chi connectivity index (χ0) is 14.8. The van der Waals surface area contributed by atoms with E-state index in [-0.39, 0.29) is 24.7 Å². The topological polar surface area (TPSA) is 62.7 Å². The molecule has 2 atom stereocenters. The van der Waals surface area contributed by atoms with E-state index in [1.165, 1.54) is 0 Å². The van der Waals surface area contributed by atoms with Crippen LogP contribution in [0.2, 0.25) is 0 Å². The number of benzene rings is 1. The van der Waals surface area contributed by atoms with Gasteiger partial charge in [0.05, 0.1) is 18.8 Å². The fourth-order valence-corrected chi connectivity index (χ4v) is 2.89. The lowest BCUT2D eigenvalue weighted by molar-refractivity contribution is 0.0644. The smallest absolute Gasteiger partial charge is 0.273 e. The molecule has 0 radical (unpaired) electrons. The summed E-state index contributed by atoms with van der Waals surface area (Å²) in [6.07, 6.45) is 2.28. The number of ether oxygens (including phenoxy) is 1. The van der Waals surface area contributed by atoms with Crippen molar-refractivity contribution in [2.75, 3.05) is 20.3 Å². The van der Waals surface area contributed by atoms with Crippen LogP contribution in [-0.4, -0.2) is 53.3 Å². The molecule has 0 aliphatic carbocycles. The number of nitrogens with zero attached hydrogens (tertiary/aromatic N) is 2. The fraction of sp³-hybridized carbons (Fsp3) is 0.375. The Morgan fingerprint density at radius 3 is 3.00 bits per heavy atom. The van der Waals surface area contributed by atoms with Crippen molar-refractivity contribution in [3.8, 4) is 0 Å². The molecule has 0 spiro atoms. The Hall–Kier alpha value is -1.98. The van der Waals surface area contributed by atoms with Crippen molar-refractivity contribution >= 4 is 16.7 Å². The third kappa shape index (κ3) is 2.50. The SMILES string of the molecule is CO[C@H]1C[C@@H](CO)N(C(=O)c2nccc3ccccc23)C1. The molecule has 1 aliphatic rings. The zero-order valence-electron chi connectivity index (χ0n) is 11.9. The van der Waals surface area contributed by atoms with Crippen molar-refractivity contribution in [2.45, 2.75) is 18.6 Å². The molecule has 2 heterocycles. The summed E-state index contributed by atoms with van der Waals surface area (Å²) in [5.74, 6) is -0.148. The van der Waals surface area contributed by atoms with Gasteiger partial charge in [0.25, 0.3) is 5.91 Å². The van der Waals surface area contributed by atoms with Crippen molar-refractivity contribution in [3.63, 3.8) is 0 Å². The van der Waals surface area contributed by atoms with Gasteiger partial charge in [0, 0.05) is 25.2 Å². The molecule has 21 heavy (non-hydrogen) atoms. The minimum Gasteiger partial charge on any atom is -0.394 e. The van der Waals surface area contributed by atoms with Gasteiger partial charge in [-0.1, -0.05) is 24.3 Å². The summed E-state index contributed by atoms with van der Waals surface area (Å²) in [6.45, 7) is 0.432. The van der Waals surface area contributed by atoms with E-state index in [2.05, 4.69) is 4.98 Å². The lowest BCUT2D eigenvalue weighted by Crippen LogP contribution is -2.38. The Kier molecular flexibility index (Phi) is 3.86. The lowest BCUT2D eigenvalue weighted by atomic mass is 10.1. The van der Waals surface area contributed by atoms with E-state index in [4.69, 9.17) is 4.74 Å². The maximum atomic E-state index is 12.8. The van der Waals surface area contributed by atoms with E-state index < -0.39 is 0 Å². The van der Waals surface area contributed by atoms with E-state index in [1.807, 2.05) is 30.3 Å². The summed E-state index contributed by atoms with van der Waals surface area (Å²) in [7, 11) is 1.63. The molecule has 5 heteroatoms. The van der Waals surface area contributed by atoms with Crippen LogP contribution in [0.1, 0.15) is 16.9 Å². The molecule has 2 aromatic rings. The Labute approximate surface area is 123 Å². The first-order chi connectivity index (χ1) is 10.2. The van der Waals surface area contributed by atoms with E-state index in [9.17, 15) is 9.90 Å². The van der Waals surface area contributed by atoms with Crippen molar-refractivity contribution in [1.29, 1.82) is 0 Å². The van der Waals surface area contributed by atoms with E-state index >= 15 is 0 Å². The van der Waals surface area contributed by atoms with Crippen LogP contribution in [0.3, 0.4) is 0 Å². The molecule has 1 fully saturated rings. The maximum Gasteiger partial charge on any atom is 0.273 e. The molecule has 0 saturated carbocycles. The van der Waals surface area contributed by atoms with Crippen molar-refractivity contribution in [1.82, 2.24) is 9.88 Å². The summed E-state index contributed by atoms with van der Waals surface area (Å²) < 4.78 is 5.32. The molecule has 1 aromatic carbocycles. The first-order valence-electron chi connectivity index (χ1n) is 7.03. The molecule has 3 rings (SSSR count). The van der Waals surface area contributed by atoms with Crippen LogP contribution in [0.25, 0.3) is 10.8 Å². The van der Waals surface area contributed by atoms with Gasteiger partial charge in [-0.15, -0.1) is 0 Å². The van der Waals surface area contributed by atoms with E-state index in [1.54, 1.807) is 18.2 Å². The van der Waals surface area contributed by atoms with Gasteiger partial charge < -0.3 is 14.7 Å². The highest BCUT2D eigenvalue weighted by Crippen LogP contribution is 2.24. The largest absolute Gasteiger partial charge is 0.394 e. The summed E-state index contributed by atoms with van der Waals surface area (Å²) >= 11 is 0. The Bertz CT molecular complexity index is 654. The van der Waals surface area contributed by atoms with Crippen molar-refractivity contribution in [3.05, 3.63) is 42.2 Å². The second-order valence-electron chi connectivity index (χ2n) is 5.27. The Morgan fingerprint density at radius 2 is 2.24 bits per heavy atom. The predicted octanol–water partition coefficient (Wildman–Crippen LogP) is 1.46. The highest BCUT2D eigenvalue weighted by atomic mass is 16.5. The predicted molar refractivity (Wildman–Crippen MR) is 79.1 cm³/mol. The number of aliphatic hydroxyl groups excluding tert-OH is 1. The standard InChI is InChI=1S/C16H18N2O3/c1-21-13-8-12(10-19)18(9-13)16(20)15-14-5-3-2-4-11(14)6-7-17-15/h2-7,12-13,19H,8-10H2,1H3/t12-,13-/m0/s1. The summed E-state index contributed by atoms with van der Waals surface area (Å²) in [4.78, 5) is 18.7. The van der Waals surface area contributed by atoms with Crippen LogP contribution >= 0.6 is 0 Å². The number of rotatable bonds is 3. The number of hydrogen-bond donors (Lipinski definition) is 1. The number of amides is 1. The summed E-state index contributed by atoms with van der Waals surface area (Å²) in [5.41, 5.74) is 0.434. The number of likely N-dealkylation sites (tertiary alicyclic amines) is 1. The Balaban J connectivity index is 1.97. The maximum absolute atomic E-state index is 12.8. The second kappa shape index (κ2) is 5.79.